The second-order valence-electron chi connectivity index (χ2n) is 7.79. The van der Waals surface area contributed by atoms with Crippen molar-refractivity contribution in [1.29, 1.82) is 0 Å². The van der Waals surface area contributed by atoms with E-state index in [9.17, 15) is 31.1 Å². The second kappa shape index (κ2) is 8.58. The molecule has 2 aromatic carbocycles. The van der Waals surface area contributed by atoms with Crippen molar-refractivity contribution in [3.05, 3.63) is 71.4 Å². The summed E-state index contributed by atoms with van der Waals surface area (Å²) in [6.07, 6.45) is -9.78. The SMILES string of the molecule is Cc1ccc([C@H]2C[C@@H](C(F)(F)F)n3nc(C(=O)Nc4ccc(OC(F)(F)F)cc4)cc3N2)cc1. The Bertz CT molecular complexity index is 1170. The van der Waals surface area contributed by atoms with Crippen molar-refractivity contribution in [2.45, 2.75) is 38.0 Å². The van der Waals surface area contributed by atoms with Crippen molar-refractivity contribution >= 4 is 17.4 Å². The van der Waals surface area contributed by atoms with Gasteiger partial charge in [0.1, 0.15) is 11.6 Å². The molecule has 1 aliphatic heterocycles. The van der Waals surface area contributed by atoms with Crippen LogP contribution in [0.3, 0.4) is 0 Å². The predicted molar refractivity (Wildman–Crippen MR) is 111 cm³/mol. The second-order valence-corrected chi connectivity index (χ2v) is 7.79. The van der Waals surface area contributed by atoms with Gasteiger partial charge in [-0.1, -0.05) is 29.8 Å². The summed E-state index contributed by atoms with van der Waals surface area (Å²) in [4.78, 5) is 12.6. The van der Waals surface area contributed by atoms with E-state index in [1.807, 2.05) is 6.92 Å². The number of aryl methyl sites for hydroxylation is 1. The topological polar surface area (TPSA) is 68.2 Å². The fraction of sp³-hybridized carbons (Fsp3) is 0.273. The number of anilines is 2. The van der Waals surface area contributed by atoms with Crippen LogP contribution in [0.15, 0.2) is 54.6 Å². The lowest BCUT2D eigenvalue weighted by molar-refractivity contribution is -0.274. The molecule has 4 rings (SSSR count). The molecule has 2 atom stereocenters. The van der Waals surface area contributed by atoms with Crippen LogP contribution in [-0.4, -0.2) is 28.2 Å². The summed E-state index contributed by atoms with van der Waals surface area (Å²) in [5, 5.41) is 9.25. The molecule has 0 spiro atoms. The molecule has 0 bridgehead atoms. The number of nitrogens with zero attached hydrogens (tertiary/aromatic N) is 2. The van der Waals surface area contributed by atoms with Crippen LogP contribution >= 0.6 is 0 Å². The highest BCUT2D eigenvalue weighted by Crippen LogP contribution is 2.43. The highest BCUT2D eigenvalue weighted by atomic mass is 19.4. The van der Waals surface area contributed by atoms with Gasteiger partial charge in [-0.15, -0.1) is 13.2 Å². The van der Waals surface area contributed by atoms with Gasteiger partial charge in [-0.2, -0.15) is 18.3 Å². The van der Waals surface area contributed by atoms with Gasteiger partial charge in [0.25, 0.3) is 5.91 Å². The van der Waals surface area contributed by atoms with Gasteiger partial charge in [0.15, 0.2) is 11.7 Å². The van der Waals surface area contributed by atoms with Gasteiger partial charge in [-0.3, -0.25) is 4.79 Å². The molecule has 2 heterocycles. The molecule has 0 saturated carbocycles. The molecule has 1 aliphatic rings. The highest BCUT2D eigenvalue weighted by molar-refractivity contribution is 6.03. The number of ether oxygens (including phenoxy) is 1. The van der Waals surface area contributed by atoms with Crippen LogP contribution in [-0.2, 0) is 0 Å². The molecule has 1 aromatic heterocycles. The Labute approximate surface area is 189 Å². The molecule has 0 saturated heterocycles. The van der Waals surface area contributed by atoms with E-state index in [4.69, 9.17) is 0 Å². The highest BCUT2D eigenvalue weighted by Gasteiger charge is 2.46. The Morgan fingerprint density at radius 3 is 2.29 bits per heavy atom. The van der Waals surface area contributed by atoms with Gasteiger partial charge in [0.2, 0.25) is 0 Å². The van der Waals surface area contributed by atoms with Crippen molar-refractivity contribution in [3.63, 3.8) is 0 Å². The minimum absolute atomic E-state index is 0.0261. The minimum atomic E-state index is -4.86. The van der Waals surface area contributed by atoms with E-state index in [0.717, 1.165) is 22.4 Å². The molecule has 1 amide bonds. The molecule has 0 fully saturated rings. The Morgan fingerprint density at radius 1 is 1.06 bits per heavy atom. The molecule has 3 aromatic rings. The van der Waals surface area contributed by atoms with Gasteiger partial charge < -0.3 is 15.4 Å². The molecule has 0 radical (unpaired) electrons. The number of carbonyl (C=O) groups excluding carboxylic acids is 1. The Hall–Kier alpha value is -3.70. The molecular weight excluding hydrogens is 466 g/mol. The third kappa shape index (κ3) is 5.26. The zero-order chi connectivity index (χ0) is 24.7. The summed E-state index contributed by atoms with van der Waals surface area (Å²) < 4.78 is 82.7. The minimum Gasteiger partial charge on any atom is -0.406 e. The summed E-state index contributed by atoms with van der Waals surface area (Å²) in [7, 11) is 0. The monoisotopic (exact) mass is 484 g/mol. The van der Waals surface area contributed by atoms with Gasteiger partial charge >= 0.3 is 12.5 Å². The fourth-order valence-electron chi connectivity index (χ4n) is 3.64. The van der Waals surface area contributed by atoms with Crippen molar-refractivity contribution in [3.8, 4) is 5.75 Å². The standard InChI is InChI=1S/C22H18F6N4O2/c1-12-2-4-13(5-3-12)16-10-18(21(23,24)25)32-19(30-16)11-17(31-32)20(33)29-14-6-8-15(9-7-14)34-22(26,27)28/h2-9,11,16,18,30H,10H2,1H3,(H,29,33)/t16-,18+/m1/s1. The summed E-state index contributed by atoms with van der Waals surface area (Å²) in [6, 6.07) is 10.0. The first kappa shape index (κ1) is 23.5. The molecule has 0 aliphatic carbocycles. The lowest BCUT2D eigenvalue weighted by Gasteiger charge is -2.33. The first-order valence-corrected chi connectivity index (χ1v) is 10.1. The van der Waals surface area contributed by atoms with Crippen molar-refractivity contribution < 1.29 is 35.9 Å². The Balaban J connectivity index is 1.55. The van der Waals surface area contributed by atoms with Crippen LogP contribution in [0.5, 0.6) is 5.75 Å². The van der Waals surface area contributed by atoms with Crippen LogP contribution in [0.2, 0.25) is 0 Å². The number of aromatic nitrogens is 2. The maximum atomic E-state index is 13.8. The first-order valence-electron chi connectivity index (χ1n) is 10.1. The largest absolute Gasteiger partial charge is 0.573 e. The van der Waals surface area contributed by atoms with Crippen molar-refractivity contribution in [2.24, 2.45) is 0 Å². The van der Waals surface area contributed by atoms with Crippen LogP contribution in [0, 0.1) is 6.92 Å². The number of rotatable bonds is 4. The first-order chi connectivity index (χ1) is 15.9. The van der Waals surface area contributed by atoms with Crippen molar-refractivity contribution in [2.75, 3.05) is 10.6 Å². The van der Waals surface area contributed by atoms with Crippen LogP contribution in [0.1, 0.15) is 40.1 Å². The van der Waals surface area contributed by atoms with E-state index in [-0.39, 0.29) is 23.6 Å². The number of halogens is 6. The smallest absolute Gasteiger partial charge is 0.406 e. The van der Waals surface area contributed by atoms with Crippen LogP contribution < -0.4 is 15.4 Å². The zero-order valence-corrected chi connectivity index (χ0v) is 17.5. The van der Waals surface area contributed by atoms with Crippen LogP contribution in [0.4, 0.5) is 37.8 Å². The number of nitrogens with one attached hydrogen (secondary N) is 2. The number of hydrogen-bond acceptors (Lipinski definition) is 4. The number of amides is 1. The third-order valence-corrected chi connectivity index (χ3v) is 5.25. The molecule has 6 nitrogen and oxygen atoms in total. The van der Waals surface area contributed by atoms with Crippen molar-refractivity contribution in [1.82, 2.24) is 9.78 Å². The number of carbonyl (C=O) groups is 1. The number of alkyl halides is 6. The average molecular weight is 484 g/mol. The van der Waals surface area contributed by atoms with E-state index in [1.165, 1.54) is 18.2 Å². The van der Waals surface area contributed by atoms with Gasteiger partial charge in [-0.25, -0.2) is 4.68 Å². The average Bonchev–Trinajstić information content (AvgIpc) is 3.17. The lowest BCUT2D eigenvalue weighted by Crippen LogP contribution is -2.35. The van der Waals surface area contributed by atoms with E-state index in [2.05, 4.69) is 20.5 Å². The van der Waals surface area contributed by atoms with E-state index in [1.54, 1.807) is 24.3 Å². The van der Waals surface area contributed by atoms with E-state index >= 15 is 0 Å². The number of fused-ring (bicyclic) bond motifs is 1. The molecule has 180 valence electrons. The summed E-state index contributed by atoms with van der Waals surface area (Å²) in [5.74, 6) is -1.28. The maximum absolute atomic E-state index is 13.8. The fourth-order valence-corrected chi connectivity index (χ4v) is 3.64. The van der Waals surface area contributed by atoms with Gasteiger partial charge in [0.05, 0.1) is 6.04 Å². The van der Waals surface area contributed by atoms with Crippen LogP contribution in [0.25, 0.3) is 0 Å². The van der Waals surface area contributed by atoms with Gasteiger partial charge in [-0.05, 0) is 36.8 Å². The Morgan fingerprint density at radius 2 is 1.71 bits per heavy atom. The molecule has 12 heteroatoms. The third-order valence-electron chi connectivity index (χ3n) is 5.25. The summed E-state index contributed by atoms with van der Waals surface area (Å²) in [5.41, 5.74) is 1.47. The Kier molecular flexibility index (Phi) is 5.92. The molecule has 2 N–H and O–H groups in total. The molecule has 34 heavy (non-hydrogen) atoms. The van der Waals surface area contributed by atoms with Gasteiger partial charge in [0, 0.05) is 18.2 Å². The number of hydrogen-bond donors (Lipinski definition) is 2. The maximum Gasteiger partial charge on any atom is 0.573 e. The molecular formula is C22H18F6N4O2. The quantitative estimate of drug-likeness (QED) is 0.446. The zero-order valence-electron chi connectivity index (χ0n) is 17.5. The molecule has 0 unspecified atom stereocenters. The van der Waals surface area contributed by atoms with E-state index < -0.39 is 36.3 Å². The predicted octanol–water partition coefficient (Wildman–Crippen LogP) is 6.00. The normalized spacial score (nSPS) is 18.1. The van der Waals surface area contributed by atoms with E-state index in [0.29, 0.717) is 5.56 Å². The lowest BCUT2D eigenvalue weighted by atomic mass is 9.96. The summed E-state index contributed by atoms with van der Waals surface area (Å²) >= 11 is 0. The number of benzene rings is 2. The summed E-state index contributed by atoms with van der Waals surface area (Å²) in [6.45, 7) is 1.87.